The number of rotatable bonds is 5. The molecule has 2 aliphatic heterocycles. The van der Waals surface area contributed by atoms with Gasteiger partial charge in [-0.25, -0.2) is 4.90 Å². The Morgan fingerprint density at radius 1 is 1.00 bits per heavy atom. The zero-order valence-electron chi connectivity index (χ0n) is 20.0. The molecule has 6 rings (SSSR count). The number of nitrogens with one attached hydrogen (secondary N) is 2. The molecule has 0 spiro atoms. The van der Waals surface area contributed by atoms with Gasteiger partial charge in [0, 0.05) is 35.1 Å². The summed E-state index contributed by atoms with van der Waals surface area (Å²) in [5.41, 5.74) is 1.44. The summed E-state index contributed by atoms with van der Waals surface area (Å²) in [6.45, 7) is 1.86. The highest BCUT2D eigenvalue weighted by atomic mass is 16.4. The average molecular weight is 496 g/mol. The van der Waals surface area contributed by atoms with Gasteiger partial charge in [0.15, 0.2) is 0 Å². The Morgan fingerprint density at radius 3 is 2.51 bits per heavy atom. The zero-order valence-corrected chi connectivity index (χ0v) is 20.0. The minimum absolute atomic E-state index is 0.0295. The van der Waals surface area contributed by atoms with Crippen LogP contribution in [0, 0.1) is 18.8 Å². The molecule has 4 atom stereocenters. The van der Waals surface area contributed by atoms with E-state index in [-0.39, 0.29) is 12.2 Å². The van der Waals surface area contributed by atoms with Crippen LogP contribution in [0.1, 0.15) is 22.7 Å². The molecule has 4 aromatic rings. The summed E-state index contributed by atoms with van der Waals surface area (Å²) in [6.07, 6.45) is 1.72. The van der Waals surface area contributed by atoms with E-state index < -0.39 is 41.2 Å². The summed E-state index contributed by atoms with van der Waals surface area (Å²) in [5.74, 6) is -4.53. The molecule has 2 fully saturated rings. The number of anilines is 1. The molecular formula is C29H25N3O5. The average Bonchev–Trinajstić information content (AvgIpc) is 3.52. The van der Waals surface area contributed by atoms with E-state index in [0.29, 0.717) is 11.3 Å². The Bertz CT molecular complexity index is 1580. The molecule has 37 heavy (non-hydrogen) atoms. The molecule has 2 aliphatic rings. The van der Waals surface area contributed by atoms with Crippen molar-refractivity contribution in [2.75, 3.05) is 4.90 Å². The lowest BCUT2D eigenvalue weighted by molar-refractivity contribution is -0.148. The fourth-order valence-electron chi connectivity index (χ4n) is 6.06. The molecule has 0 saturated carbocycles. The van der Waals surface area contributed by atoms with Gasteiger partial charge in [0.1, 0.15) is 11.3 Å². The fourth-order valence-corrected chi connectivity index (χ4v) is 6.06. The van der Waals surface area contributed by atoms with Gasteiger partial charge in [0.05, 0.1) is 17.5 Å². The van der Waals surface area contributed by atoms with Crippen LogP contribution in [0.5, 0.6) is 5.75 Å². The highest BCUT2D eigenvalue weighted by Gasteiger charge is 2.69. The van der Waals surface area contributed by atoms with Crippen molar-refractivity contribution in [1.82, 2.24) is 10.3 Å². The van der Waals surface area contributed by atoms with E-state index in [0.717, 1.165) is 26.9 Å². The monoisotopic (exact) mass is 495 g/mol. The van der Waals surface area contributed by atoms with E-state index in [1.165, 1.54) is 6.07 Å². The summed E-state index contributed by atoms with van der Waals surface area (Å²) >= 11 is 0. The molecule has 0 radical (unpaired) electrons. The van der Waals surface area contributed by atoms with E-state index in [2.05, 4.69) is 10.3 Å². The van der Waals surface area contributed by atoms with Gasteiger partial charge < -0.3 is 15.2 Å². The van der Waals surface area contributed by atoms with Crippen molar-refractivity contribution >= 4 is 34.4 Å². The van der Waals surface area contributed by atoms with Gasteiger partial charge in [-0.05, 0) is 42.3 Å². The van der Waals surface area contributed by atoms with Gasteiger partial charge in [-0.15, -0.1) is 0 Å². The van der Waals surface area contributed by atoms with Crippen LogP contribution in [0.25, 0.3) is 10.9 Å². The van der Waals surface area contributed by atoms with Crippen LogP contribution in [0.4, 0.5) is 5.69 Å². The number of carboxylic acid groups (broad SMARTS) is 1. The molecule has 186 valence electrons. The zero-order chi connectivity index (χ0) is 25.9. The van der Waals surface area contributed by atoms with Crippen molar-refractivity contribution in [2.45, 2.75) is 24.9 Å². The number of carbonyl (C=O) groups excluding carboxylic acids is 2. The van der Waals surface area contributed by atoms with Crippen molar-refractivity contribution in [3.05, 3.63) is 95.7 Å². The lowest BCUT2D eigenvalue weighted by Gasteiger charge is -2.31. The largest absolute Gasteiger partial charge is 0.508 e. The third-order valence-electron chi connectivity index (χ3n) is 7.71. The Balaban J connectivity index is 1.53. The van der Waals surface area contributed by atoms with Gasteiger partial charge in [0.2, 0.25) is 11.8 Å². The quantitative estimate of drug-likeness (QED) is 0.313. The number of aromatic amines is 1. The van der Waals surface area contributed by atoms with Crippen molar-refractivity contribution in [2.24, 2.45) is 11.8 Å². The molecule has 2 saturated heterocycles. The van der Waals surface area contributed by atoms with E-state index >= 15 is 0 Å². The molecule has 8 nitrogen and oxygen atoms in total. The number of aliphatic carboxylic acids is 1. The molecule has 2 amide bonds. The molecule has 0 bridgehead atoms. The normalized spacial score (nSPS) is 25.1. The fraction of sp³-hybridized carbons (Fsp3) is 0.207. The second kappa shape index (κ2) is 8.31. The van der Waals surface area contributed by atoms with Gasteiger partial charge in [-0.3, -0.25) is 19.7 Å². The number of phenols is 1. The topological polar surface area (TPSA) is 123 Å². The lowest BCUT2D eigenvalue weighted by Crippen LogP contribution is -2.57. The standard InChI is InChI=1S/C29H25N3O5/c1-16-7-6-8-18(13-16)32-26(34)23-24(27(32)35)29(28(36)37,31-25(23)20-10-3-5-12-22(20)33)14-17-15-30-21-11-4-2-9-19(17)21/h2-13,15,23-25,30-31,33H,14H2,1H3,(H,36,37)/t23-,24-,25-,29-/m0/s1. The molecule has 1 aromatic heterocycles. The van der Waals surface area contributed by atoms with Crippen LogP contribution in [-0.2, 0) is 20.8 Å². The lowest BCUT2D eigenvalue weighted by atomic mass is 9.76. The number of phenolic OH excluding ortho intramolecular Hbond substituents is 1. The number of carbonyl (C=O) groups is 3. The summed E-state index contributed by atoms with van der Waals surface area (Å²) in [7, 11) is 0. The maximum atomic E-state index is 14.0. The highest BCUT2D eigenvalue weighted by molar-refractivity contribution is 6.24. The molecule has 0 aliphatic carbocycles. The molecule has 4 N–H and O–H groups in total. The van der Waals surface area contributed by atoms with Gasteiger partial charge in [0.25, 0.3) is 0 Å². The number of benzene rings is 3. The smallest absolute Gasteiger partial charge is 0.325 e. The van der Waals surface area contributed by atoms with Crippen LogP contribution in [0.3, 0.4) is 0 Å². The van der Waals surface area contributed by atoms with Crippen molar-refractivity contribution in [3.8, 4) is 5.75 Å². The first-order valence-corrected chi connectivity index (χ1v) is 12.1. The number of hydrogen-bond donors (Lipinski definition) is 4. The molecule has 3 aromatic carbocycles. The molecular weight excluding hydrogens is 470 g/mol. The second-order valence-electron chi connectivity index (χ2n) is 9.85. The number of aromatic hydroxyl groups is 1. The number of imide groups is 1. The first kappa shape index (κ1) is 23.0. The maximum absolute atomic E-state index is 14.0. The minimum Gasteiger partial charge on any atom is -0.508 e. The summed E-state index contributed by atoms with van der Waals surface area (Å²) < 4.78 is 0. The van der Waals surface area contributed by atoms with Crippen LogP contribution in [0.2, 0.25) is 0 Å². The Morgan fingerprint density at radius 2 is 1.76 bits per heavy atom. The Hall–Kier alpha value is -4.43. The minimum atomic E-state index is -1.78. The third kappa shape index (κ3) is 3.37. The van der Waals surface area contributed by atoms with E-state index in [9.17, 15) is 24.6 Å². The van der Waals surface area contributed by atoms with Crippen molar-refractivity contribution in [3.63, 3.8) is 0 Å². The van der Waals surface area contributed by atoms with Gasteiger partial charge >= 0.3 is 5.97 Å². The molecule has 3 heterocycles. The number of H-pyrrole nitrogens is 1. The SMILES string of the molecule is Cc1cccc(N2C(=O)[C@H]3[C@@H](C2=O)[C@@](Cc2c[nH]c4ccccc24)(C(=O)O)N[C@H]3c2ccccc2O)c1. The second-order valence-corrected chi connectivity index (χ2v) is 9.85. The van der Waals surface area contributed by atoms with Gasteiger partial charge in [-0.2, -0.15) is 0 Å². The van der Waals surface area contributed by atoms with E-state index in [4.69, 9.17) is 0 Å². The van der Waals surface area contributed by atoms with Crippen LogP contribution in [0.15, 0.2) is 79.0 Å². The van der Waals surface area contributed by atoms with Crippen LogP contribution >= 0.6 is 0 Å². The number of aromatic nitrogens is 1. The maximum Gasteiger partial charge on any atom is 0.325 e. The van der Waals surface area contributed by atoms with Gasteiger partial charge in [-0.1, -0.05) is 48.5 Å². The van der Waals surface area contributed by atoms with Crippen LogP contribution < -0.4 is 10.2 Å². The number of fused-ring (bicyclic) bond motifs is 2. The van der Waals surface area contributed by atoms with Crippen molar-refractivity contribution < 1.29 is 24.6 Å². The summed E-state index contributed by atoms with van der Waals surface area (Å²) in [5, 5.41) is 25.4. The Kier molecular flexibility index (Phi) is 5.17. The first-order chi connectivity index (χ1) is 17.8. The predicted molar refractivity (Wildman–Crippen MR) is 137 cm³/mol. The van der Waals surface area contributed by atoms with E-state index in [1.54, 1.807) is 42.6 Å². The number of amides is 2. The van der Waals surface area contributed by atoms with Crippen molar-refractivity contribution in [1.29, 1.82) is 0 Å². The highest BCUT2D eigenvalue weighted by Crippen LogP contribution is 2.52. The van der Waals surface area contributed by atoms with E-state index in [1.807, 2.05) is 37.3 Å². The number of nitrogens with zero attached hydrogens (tertiary/aromatic N) is 1. The number of aryl methyl sites for hydroxylation is 1. The van der Waals surface area contributed by atoms with Crippen LogP contribution in [-0.4, -0.2) is 38.5 Å². The number of para-hydroxylation sites is 2. The number of hydrogen-bond acceptors (Lipinski definition) is 5. The molecule has 0 unspecified atom stereocenters. The number of carboxylic acids is 1. The Labute approximate surface area is 212 Å². The molecule has 8 heteroatoms. The summed E-state index contributed by atoms with van der Waals surface area (Å²) in [6, 6.07) is 20.2. The summed E-state index contributed by atoms with van der Waals surface area (Å²) in [4.78, 5) is 45.3. The first-order valence-electron chi connectivity index (χ1n) is 12.1. The third-order valence-corrected chi connectivity index (χ3v) is 7.71. The predicted octanol–water partition coefficient (Wildman–Crippen LogP) is 3.70.